The van der Waals surface area contributed by atoms with Crippen molar-refractivity contribution >= 4 is 0 Å². The van der Waals surface area contributed by atoms with Gasteiger partial charge < -0.3 is 10.1 Å². The Kier molecular flexibility index (Phi) is 3.72. The van der Waals surface area contributed by atoms with Crippen LogP contribution in [0.5, 0.6) is 0 Å². The van der Waals surface area contributed by atoms with Crippen LogP contribution in [0.1, 0.15) is 44.9 Å². The molecule has 4 atom stereocenters. The predicted molar refractivity (Wildman–Crippen MR) is 69.9 cm³/mol. The van der Waals surface area contributed by atoms with Crippen LogP contribution < -0.4 is 5.32 Å². The molecular weight excluding hydrogens is 210 g/mol. The fourth-order valence-electron chi connectivity index (χ4n) is 4.63. The van der Waals surface area contributed by atoms with E-state index in [0.29, 0.717) is 0 Å². The Morgan fingerprint density at radius 2 is 1.94 bits per heavy atom. The van der Waals surface area contributed by atoms with E-state index in [1.54, 1.807) is 0 Å². The third kappa shape index (κ3) is 2.53. The lowest BCUT2D eigenvalue weighted by Gasteiger charge is -2.34. The minimum absolute atomic E-state index is 0.786. The third-order valence-corrected chi connectivity index (χ3v) is 5.61. The van der Waals surface area contributed by atoms with Crippen molar-refractivity contribution < 1.29 is 4.74 Å². The van der Waals surface area contributed by atoms with E-state index in [9.17, 15) is 0 Å². The summed E-state index contributed by atoms with van der Waals surface area (Å²) in [4.78, 5) is 0. The molecule has 2 heteroatoms. The van der Waals surface area contributed by atoms with Crippen LogP contribution >= 0.6 is 0 Å². The normalized spacial score (nSPS) is 39.7. The molecule has 1 aliphatic heterocycles. The first-order chi connectivity index (χ1) is 8.36. The molecule has 0 radical (unpaired) electrons. The summed E-state index contributed by atoms with van der Waals surface area (Å²) < 4.78 is 5.47. The molecule has 0 aromatic carbocycles. The number of rotatable bonds is 4. The van der Waals surface area contributed by atoms with Crippen molar-refractivity contribution in [3.05, 3.63) is 0 Å². The molecule has 3 rings (SSSR count). The summed E-state index contributed by atoms with van der Waals surface area (Å²) in [6, 6.07) is 0.786. The van der Waals surface area contributed by atoms with Crippen molar-refractivity contribution in [3.63, 3.8) is 0 Å². The van der Waals surface area contributed by atoms with E-state index >= 15 is 0 Å². The van der Waals surface area contributed by atoms with Crippen LogP contribution in [0, 0.1) is 23.7 Å². The van der Waals surface area contributed by atoms with Gasteiger partial charge in [-0.15, -0.1) is 0 Å². The van der Waals surface area contributed by atoms with Crippen molar-refractivity contribution in [2.45, 2.75) is 51.0 Å². The van der Waals surface area contributed by atoms with E-state index in [1.807, 2.05) is 0 Å². The molecule has 0 spiro atoms. The van der Waals surface area contributed by atoms with Gasteiger partial charge in [0.05, 0.1) is 0 Å². The average Bonchev–Trinajstić information content (AvgIpc) is 2.99. The first-order valence-electron chi connectivity index (χ1n) is 7.62. The lowest BCUT2D eigenvalue weighted by Crippen LogP contribution is -2.39. The van der Waals surface area contributed by atoms with E-state index in [0.717, 1.165) is 42.9 Å². The molecule has 17 heavy (non-hydrogen) atoms. The Hall–Kier alpha value is -0.0800. The van der Waals surface area contributed by atoms with Crippen molar-refractivity contribution in [2.24, 2.45) is 23.7 Å². The van der Waals surface area contributed by atoms with E-state index in [-0.39, 0.29) is 0 Å². The zero-order valence-corrected chi connectivity index (χ0v) is 11.2. The summed E-state index contributed by atoms with van der Waals surface area (Å²) in [6.07, 6.45) is 10.1. The molecule has 2 saturated carbocycles. The molecule has 98 valence electrons. The van der Waals surface area contributed by atoms with E-state index in [2.05, 4.69) is 12.4 Å². The molecule has 2 nitrogen and oxygen atoms in total. The molecule has 2 bridgehead atoms. The lowest BCUT2D eigenvalue weighted by molar-refractivity contribution is 0.0562. The zero-order valence-electron chi connectivity index (χ0n) is 11.2. The van der Waals surface area contributed by atoms with Crippen molar-refractivity contribution in [2.75, 3.05) is 20.3 Å². The molecule has 2 aliphatic carbocycles. The molecule has 0 aromatic rings. The Balaban J connectivity index is 1.55. The molecule has 1 N–H and O–H groups in total. The van der Waals surface area contributed by atoms with Gasteiger partial charge in [-0.1, -0.05) is 6.42 Å². The van der Waals surface area contributed by atoms with Crippen molar-refractivity contribution in [1.82, 2.24) is 5.32 Å². The topological polar surface area (TPSA) is 21.3 Å². The van der Waals surface area contributed by atoms with Crippen LogP contribution in [0.15, 0.2) is 0 Å². The maximum atomic E-state index is 5.47. The van der Waals surface area contributed by atoms with Crippen LogP contribution in [0.2, 0.25) is 0 Å². The largest absolute Gasteiger partial charge is 0.381 e. The van der Waals surface area contributed by atoms with Gasteiger partial charge in [-0.25, -0.2) is 0 Å². The van der Waals surface area contributed by atoms with Gasteiger partial charge in [0, 0.05) is 19.3 Å². The predicted octanol–water partition coefficient (Wildman–Crippen LogP) is 2.83. The highest BCUT2D eigenvalue weighted by molar-refractivity contribution is 4.95. The SMILES string of the molecule is CNC(CC1CCOCC1)C1CC2CCC1C2. The van der Waals surface area contributed by atoms with E-state index in [1.165, 1.54) is 44.9 Å². The molecule has 1 heterocycles. The maximum Gasteiger partial charge on any atom is 0.0468 e. The smallest absolute Gasteiger partial charge is 0.0468 e. The van der Waals surface area contributed by atoms with Gasteiger partial charge in [0.25, 0.3) is 0 Å². The van der Waals surface area contributed by atoms with E-state index in [4.69, 9.17) is 4.74 Å². The van der Waals surface area contributed by atoms with Crippen molar-refractivity contribution in [1.29, 1.82) is 0 Å². The number of hydrogen-bond acceptors (Lipinski definition) is 2. The van der Waals surface area contributed by atoms with E-state index < -0.39 is 0 Å². The maximum absolute atomic E-state index is 5.47. The summed E-state index contributed by atoms with van der Waals surface area (Å²) in [6.45, 7) is 2.00. The van der Waals surface area contributed by atoms with Gasteiger partial charge in [-0.05, 0) is 69.2 Å². The fraction of sp³-hybridized carbons (Fsp3) is 1.00. The quantitative estimate of drug-likeness (QED) is 0.812. The second-order valence-electron chi connectivity index (χ2n) is 6.53. The van der Waals surface area contributed by atoms with Gasteiger partial charge in [0.1, 0.15) is 0 Å². The minimum atomic E-state index is 0.786. The van der Waals surface area contributed by atoms with Crippen LogP contribution in [0.4, 0.5) is 0 Å². The van der Waals surface area contributed by atoms with Gasteiger partial charge in [-0.3, -0.25) is 0 Å². The van der Waals surface area contributed by atoms with Gasteiger partial charge in [-0.2, -0.15) is 0 Å². The Morgan fingerprint density at radius 3 is 2.53 bits per heavy atom. The second kappa shape index (κ2) is 5.27. The monoisotopic (exact) mass is 237 g/mol. The molecule has 4 unspecified atom stereocenters. The third-order valence-electron chi connectivity index (χ3n) is 5.61. The Bertz CT molecular complexity index is 249. The summed E-state index contributed by atoms with van der Waals surface area (Å²) in [5.41, 5.74) is 0. The van der Waals surface area contributed by atoms with Crippen LogP contribution in [0.3, 0.4) is 0 Å². The number of fused-ring (bicyclic) bond motifs is 2. The standard InChI is InChI=1S/C15H27NO/c1-16-15(10-11-4-6-17-7-5-11)14-9-12-2-3-13(14)8-12/h11-16H,2-10H2,1H3. The molecular formula is C15H27NO. The first kappa shape index (κ1) is 12.0. The summed E-state index contributed by atoms with van der Waals surface area (Å²) in [7, 11) is 2.18. The Morgan fingerprint density at radius 1 is 1.12 bits per heavy atom. The minimum Gasteiger partial charge on any atom is -0.381 e. The summed E-state index contributed by atoms with van der Waals surface area (Å²) in [5.74, 6) is 4.04. The van der Waals surface area contributed by atoms with Crippen LogP contribution in [0.25, 0.3) is 0 Å². The molecule has 3 fully saturated rings. The highest BCUT2D eigenvalue weighted by atomic mass is 16.5. The fourth-order valence-corrected chi connectivity index (χ4v) is 4.63. The molecule has 0 amide bonds. The summed E-state index contributed by atoms with van der Waals surface area (Å²) >= 11 is 0. The van der Waals surface area contributed by atoms with Gasteiger partial charge in [0.2, 0.25) is 0 Å². The molecule has 0 aromatic heterocycles. The average molecular weight is 237 g/mol. The van der Waals surface area contributed by atoms with Gasteiger partial charge >= 0.3 is 0 Å². The highest BCUT2D eigenvalue weighted by Crippen LogP contribution is 2.50. The highest BCUT2D eigenvalue weighted by Gasteiger charge is 2.42. The molecule has 1 saturated heterocycles. The van der Waals surface area contributed by atoms with Crippen LogP contribution in [-0.2, 0) is 4.74 Å². The Labute approximate surface area is 105 Å². The second-order valence-corrected chi connectivity index (χ2v) is 6.53. The number of nitrogens with one attached hydrogen (secondary N) is 1. The zero-order chi connectivity index (χ0) is 11.7. The van der Waals surface area contributed by atoms with Crippen molar-refractivity contribution in [3.8, 4) is 0 Å². The molecule has 3 aliphatic rings. The first-order valence-corrected chi connectivity index (χ1v) is 7.62. The summed E-state index contributed by atoms with van der Waals surface area (Å²) in [5, 5.41) is 3.64. The lowest BCUT2D eigenvalue weighted by atomic mass is 9.78. The number of ether oxygens (including phenoxy) is 1. The number of hydrogen-bond donors (Lipinski definition) is 1. The van der Waals surface area contributed by atoms with Crippen LogP contribution in [-0.4, -0.2) is 26.3 Å². The van der Waals surface area contributed by atoms with Gasteiger partial charge in [0.15, 0.2) is 0 Å².